The second-order valence-electron chi connectivity index (χ2n) is 5.07. The van der Waals surface area contributed by atoms with Gasteiger partial charge in [0.2, 0.25) is 0 Å². The lowest BCUT2D eigenvalue weighted by molar-refractivity contribution is 0.223. The zero-order valence-corrected chi connectivity index (χ0v) is 12.6. The Morgan fingerprint density at radius 1 is 1.15 bits per heavy atom. The summed E-state index contributed by atoms with van der Waals surface area (Å²) in [4.78, 5) is 0. The lowest BCUT2D eigenvalue weighted by atomic mass is 9.92. The predicted octanol–water partition coefficient (Wildman–Crippen LogP) is 3.07. The second-order valence-corrected chi connectivity index (χ2v) is 5.43. The van der Waals surface area contributed by atoms with Gasteiger partial charge in [0.1, 0.15) is 0 Å². The van der Waals surface area contributed by atoms with Gasteiger partial charge in [0.05, 0.1) is 12.1 Å². The molecular weight excluding hydrogens is 274 g/mol. The molecule has 1 aromatic carbocycles. The molecule has 0 fully saturated rings. The maximum absolute atomic E-state index is 9.78. The highest BCUT2D eigenvalue weighted by Crippen LogP contribution is 2.28. The van der Waals surface area contributed by atoms with E-state index in [1.165, 1.54) is 0 Å². The van der Waals surface area contributed by atoms with Crippen molar-refractivity contribution >= 4 is 17.4 Å². The van der Waals surface area contributed by atoms with Crippen LogP contribution >= 0.6 is 11.6 Å². The first-order valence-corrected chi connectivity index (χ1v) is 6.79. The quantitative estimate of drug-likeness (QED) is 0.909. The molecule has 0 radical (unpaired) electrons. The summed E-state index contributed by atoms with van der Waals surface area (Å²) in [5.41, 5.74) is 2.18. The van der Waals surface area contributed by atoms with Crippen LogP contribution in [0, 0.1) is 13.8 Å². The van der Waals surface area contributed by atoms with Gasteiger partial charge in [-0.05, 0) is 37.5 Å². The normalized spacial score (nSPS) is 13.8. The summed E-state index contributed by atoms with van der Waals surface area (Å²) in [6.45, 7) is 5.70. The first kappa shape index (κ1) is 14.8. The van der Waals surface area contributed by atoms with Gasteiger partial charge in [0.15, 0.2) is 11.0 Å². The molecule has 0 bridgehead atoms. The SMILES string of the molecule is Cc1c(Cl)nnc(NC(C)(CO)c2ccccc2)c1C. The van der Waals surface area contributed by atoms with Crippen molar-refractivity contribution in [1.82, 2.24) is 10.2 Å². The van der Waals surface area contributed by atoms with Crippen LogP contribution in [-0.4, -0.2) is 21.9 Å². The lowest BCUT2D eigenvalue weighted by Gasteiger charge is -2.30. The molecule has 106 valence electrons. The van der Waals surface area contributed by atoms with E-state index in [1.54, 1.807) is 0 Å². The van der Waals surface area contributed by atoms with E-state index in [0.29, 0.717) is 11.0 Å². The number of aliphatic hydroxyl groups is 1. The molecule has 5 heteroatoms. The molecule has 2 aromatic rings. The standard InChI is InChI=1S/C15H18ClN3O/c1-10-11(2)14(19-18-13(10)16)17-15(3,9-20)12-7-5-4-6-8-12/h4-8,20H,9H2,1-3H3,(H,17,19). The number of hydrogen-bond donors (Lipinski definition) is 2. The van der Waals surface area contributed by atoms with Crippen molar-refractivity contribution < 1.29 is 5.11 Å². The summed E-state index contributed by atoms with van der Waals surface area (Å²) in [5, 5.41) is 21.5. The van der Waals surface area contributed by atoms with Crippen molar-refractivity contribution in [1.29, 1.82) is 0 Å². The molecule has 2 N–H and O–H groups in total. The van der Waals surface area contributed by atoms with Crippen molar-refractivity contribution in [3.8, 4) is 0 Å². The van der Waals surface area contributed by atoms with Crippen molar-refractivity contribution in [2.45, 2.75) is 26.3 Å². The van der Waals surface area contributed by atoms with Gasteiger partial charge in [-0.2, -0.15) is 0 Å². The Bertz CT molecular complexity index is 604. The molecule has 1 unspecified atom stereocenters. The summed E-state index contributed by atoms with van der Waals surface area (Å²) >= 11 is 5.96. The van der Waals surface area contributed by atoms with Crippen LogP contribution in [0.1, 0.15) is 23.6 Å². The minimum atomic E-state index is -0.624. The fraction of sp³-hybridized carbons (Fsp3) is 0.333. The van der Waals surface area contributed by atoms with E-state index in [-0.39, 0.29) is 6.61 Å². The van der Waals surface area contributed by atoms with E-state index in [0.717, 1.165) is 16.7 Å². The first-order chi connectivity index (χ1) is 9.48. The van der Waals surface area contributed by atoms with E-state index in [2.05, 4.69) is 15.5 Å². The number of aliphatic hydroxyl groups excluding tert-OH is 1. The van der Waals surface area contributed by atoms with Crippen LogP contribution in [0.2, 0.25) is 5.15 Å². The van der Waals surface area contributed by atoms with Gasteiger partial charge in [-0.1, -0.05) is 41.9 Å². The van der Waals surface area contributed by atoms with Gasteiger partial charge in [0.25, 0.3) is 0 Å². The molecule has 1 heterocycles. The monoisotopic (exact) mass is 291 g/mol. The Hall–Kier alpha value is -1.65. The Morgan fingerprint density at radius 3 is 2.40 bits per heavy atom. The number of halogens is 1. The third-order valence-corrected chi connectivity index (χ3v) is 3.95. The lowest BCUT2D eigenvalue weighted by Crippen LogP contribution is -2.36. The number of benzene rings is 1. The van der Waals surface area contributed by atoms with Crippen molar-refractivity contribution in [3.63, 3.8) is 0 Å². The summed E-state index contributed by atoms with van der Waals surface area (Å²) in [7, 11) is 0. The van der Waals surface area contributed by atoms with E-state index in [4.69, 9.17) is 11.6 Å². The minimum Gasteiger partial charge on any atom is -0.394 e. The van der Waals surface area contributed by atoms with E-state index in [1.807, 2.05) is 51.1 Å². The fourth-order valence-electron chi connectivity index (χ4n) is 1.97. The van der Waals surface area contributed by atoms with Gasteiger partial charge < -0.3 is 10.4 Å². The molecule has 20 heavy (non-hydrogen) atoms. The van der Waals surface area contributed by atoms with Crippen LogP contribution in [0.4, 0.5) is 5.82 Å². The summed E-state index contributed by atoms with van der Waals surface area (Å²) in [6, 6.07) is 9.76. The van der Waals surface area contributed by atoms with Gasteiger partial charge in [-0.25, -0.2) is 0 Å². The molecule has 0 saturated carbocycles. The van der Waals surface area contributed by atoms with Crippen molar-refractivity contribution in [3.05, 3.63) is 52.2 Å². The number of anilines is 1. The molecule has 0 saturated heterocycles. The highest BCUT2D eigenvalue weighted by Gasteiger charge is 2.27. The van der Waals surface area contributed by atoms with Gasteiger partial charge >= 0.3 is 0 Å². The minimum absolute atomic E-state index is 0.0557. The van der Waals surface area contributed by atoms with Gasteiger partial charge in [0, 0.05) is 0 Å². The second kappa shape index (κ2) is 5.77. The highest BCUT2D eigenvalue weighted by molar-refractivity contribution is 6.30. The molecule has 2 rings (SSSR count). The molecule has 0 aliphatic heterocycles. The third kappa shape index (κ3) is 2.76. The van der Waals surface area contributed by atoms with Gasteiger partial charge in [-0.3, -0.25) is 0 Å². The number of hydrogen-bond acceptors (Lipinski definition) is 4. The molecule has 0 amide bonds. The van der Waals surface area contributed by atoms with Crippen molar-refractivity contribution in [2.75, 3.05) is 11.9 Å². The van der Waals surface area contributed by atoms with Crippen LogP contribution in [0.5, 0.6) is 0 Å². The maximum atomic E-state index is 9.78. The Labute approximate surface area is 123 Å². The van der Waals surface area contributed by atoms with Crippen LogP contribution in [0.15, 0.2) is 30.3 Å². The number of nitrogens with one attached hydrogen (secondary N) is 1. The topological polar surface area (TPSA) is 58.0 Å². The molecule has 0 spiro atoms. The molecule has 4 nitrogen and oxygen atoms in total. The summed E-state index contributed by atoms with van der Waals surface area (Å²) < 4.78 is 0. The molecule has 1 atom stereocenters. The first-order valence-electron chi connectivity index (χ1n) is 6.42. The smallest absolute Gasteiger partial charge is 0.155 e. The average Bonchev–Trinajstić information content (AvgIpc) is 2.48. The zero-order chi connectivity index (χ0) is 14.8. The van der Waals surface area contributed by atoms with Crippen LogP contribution in [0.25, 0.3) is 0 Å². The Morgan fingerprint density at radius 2 is 1.80 bits per heavy atom. The van der Waals surface area contributed by atoms with E-state index < -0.39 is 5.54 Å². The van der Waals surface area contributed by atoms with Crippen LogP contribution in [0.3, 0.4) is 0 Å². The van der Waals surface area contributed by atoms with E-state index in [9.17, 15) is 5.11 Å². The zero-order valence-electron chi connectivity index (χ0n) is 11.8. The number of rotatable bonds is 4. The Balaban J connectivity index is 2.39. The predicted molar refractivity (Wildman–Crippen MR) is 81.0 cm³/mol. The fourth-order valence-corrected chi connectivity index (χ4v) is 2.14. The van der Waals surface area contributed by atoms with E-state index >= 15 is 0 Å². The third-order valence-electron chi connectivity index (χ3n) is 3.59. The summed E-state index contributed by atoms with van der Waals surface area (Å²) in [5.74, 6) is 0.632. The van der Waals surface area contributed by atoms with Gasteiger partial charge in [-0.15, -0.1) is 10.2 Å². The molecule has 1 aromatic heterocycles. The highest BCUT2D eigenvalue weighted by atomic mass is 35.5. The number of aromatic nitrogens is 2. The van der Waals surface area contributed by atoms with Crippen molar-refractivity contribution in [2.24, 2.45) is 0 Å². The molecular formula is C15H18ClN3O. The maximum Gasteiger partial charge on any atom is 0.155 e. The molecule has 0 aliphatic carbocycles. The summed E-state index contributed by atoms with van der Waals surface area (Å²) in [6.07, 6.45) is 0. The number of nitrogens with zero attached hydrogens (tertiary/aromatic N) is 2. The average molecular weight is 292 g/mol. The largest absolute Gasteiger partial charge is 0.394 e. The van der Waals surface area contributed by atoms with Crippen LogP contribution in [-0.2, 0) is 5.54 Å². The Kier molecular flexibility index (Phi) is 4.26. The van der Waals surface area contributed by atoms with Crippen LogP contribution < -0.4 is 5.32 Å². The molecule has 0 aliphatic rings.